The van der Waals surface area contributed by atoms with Gasteiger partial charge in [-0.3, -0.25) is 0 Å². The predicted octanol–water partition coefficient (Wildman–Crippen LogP) is 3.64. The Bertz CT molecular complexity index is 600. The van der Waals surface area contributed by atoms with Crippen molar-refractivity contribution in [2.45, 2.75) is 12.1 Å². The number of halogens is 1. The normalized spacial score (nSPS) is 37.2. The molecule has 114 valence electrons. The number of piperazine rings is 3. The summed E-state index contributed by atoms with van der Waals surface area (Å²) in [6.45, 7) is 3.00. The molecule has 0 spiro atoms. The van der Waals surface area contributed by atoms with Crippen molar-refractivity contribution in [3.8, 4) is 0 Å². The first-order valence-corrected chi connectivity index (χ1v) is 8.11. The monoisotopic (exact) mass is 298 g/mol. The molecule has 2 nitrogen and oxygen atoms in total. The molecule has 3 fully saturated rings. The second-order valence-electron chi connectivity index (χ2n) is 7.07. The Morgan fingerprint density at radius 2 is 1.32 bits per heavy atom. The molecule has 22 heavy (non-hydrogen) atoms. The van der Waals surface area contributed by atoms with Crippen LogP contribution in [-0.4, -0.2) is 42.4 Å². The summed E-state index contributed by atoms with van der Waals surface area (Å²) >= 11 is 0. The molecule has 2 aromatic carbocycles. The van der Waals surface area contributed by atoms with Crippen LogP contribution in [0.1, 0.15) is 23.2 Å². The van der Waals surface area contributed by atoms with Crippen LogP contribution >= 0.6 is 0 Å². The average molecular weight is 298 g/mol. The molecule has 0 saturated carbocycles. The summed E-state index contributed by atoms with van der Waals surface area (Å²) in [5.41, 5.74) is 2.41. The van der Waals surface area contributed by atoms with Gasteiger partial charge >= 0.3 is 0 Å². The molecule has 0 aliphatic carbocycles. The Kier molecular flexibility index (Phi) is 3.10. The molecule has 3 aliphatic rings. The summed E-state index contributed by atoms with van der Waals surface area (Å²) in [6, 6.07) is 20.9. The topological polar surface area (TPSA) is 0 Å². The number of likely N-dealkylation sites (N-methyl/N-ethyl adjacent to an activating group) is 1. The van der Waals surface area contributed by atoms with Crippen molar-refractivity contribution >= 4 is 0 Å². The second kappa shape index (κ2) is 4.90. The van der Waals surface area contributed by atoms with Gasteiger partial charge < -0.3 is 4.48 Å². The van der Waals surface area contributed by atoms with Crippen LogP contribution in [0.15, 0.2) is 60.7 Å². The van der Waals surface area contributed by atoms with Crippen LogP contribution in [0.5, 0.6) is 0 Å². The highest BCUT2D eigenvalue weighted by Crippen LogP contribution is 2.47. The van der Waals surface area contributed by atoms with Crippen molar-refractivity contribution in [1.82, 2.24) is 0 Å². The third-order valence-corrected chi connectivity index (χ3v) is 5.73. The quantitative estimate of drug-likeness (QED) is 0.586. The van der Waals surface area contributed by atoms with Crippen LogP contribution in [0, 0.1) is 0 Å². The van der Waals surface area contributed by atoms with Crippen LogP contribution in [0.4, 0.5) is 4.48 Å². The molecular weight excluding hydrogens is 275 g/mol. The summed E-state index contributed by atoms with van der Waals surface area (Å²) in [4.78, 5) is 0. The lowest BCUT2D eigenvalue weighted by Gasteiger charge is -2.56. The lowest BCUT2D eigenvalue weighted by molar-refractivity contribution is -1.18. The van der Waals surface area contributed by atoms with E-state index in [9.17, 15) is 0 Å². The minimum atomic E-state index is -0.308. The lowest BCUT2D eigenvalue weighted by atomic mass is 9.89. The standard InChI is InChI=1S/C19H23FN2/c1-21-12-13-22(20,15-18(21)16-8-4-2-5-9-16)19(14-21)17-10-6-3-7-11-17/h2-11,18-19H,12-15H2,1H3/q+2. The third-order valence-electron chi connectivity index (χ3n) is 5.73. The molecule has 0 N–H and O–H groups in total. The predicted molar refractivity (Wildman–Crippen MR) is 85.4 cm³/mol. The molecule has 3 saturated heterocycles. The van der Waals surface area contributed by atoms with Gasteiger partial charge in [-0.2, -0.15) is 0 Å². The Hall–Kier alpha value is -1.71. The number of benzene rings is 2. The van der Waals surface area contributed by atoms with E-state index in [0.29, 0.717) is 13.1 Å². The lowest BCUT2D eigenvalue weighted by Crippen LogP contribution is -2.72. The van der Waals surface area contributed by atoms with Gasteiger partial charge in [0.1, 0.15) is 13.1 Å². The van der Waals surface area contributed by atoms with Gasteiger partial charge in [0.05, 0.1) is 7.05 Å². The Morgan fingerprint density at radius 1 is 0.773 bits per heavy atom. The van der Waals surface area contributed by atoms with Crippen molar-refractivity contribution in [2.75, 3.05) is 33.2 Å². The van der Waals surface area contributed by atoms with Gasteiger partial charge in [0, 0.05) is 11.1 Å². The summed E-state index contributed by atoms with van der Waals surface area (Å²) in [5.74, 6) is 0. The first kappa shape index (κ1) is 13.9. The molecule has 3 aliphatic heterocycles. The van der Waals surface area contributed by atoms with Gasteiger partial charge in [-0.05, 0) is 4.48 Å². The second-order valence-corrected chi connectivity index (χ2v) is 7.07. The van der Waals surface area contributed by atoms with E-state index in [-0.39, 0.29) is 16.8 Å². The van der Waals surface area contributed by atoms with Crippen LogP contribution in [0.2, 0.25) is 0 Å². The van der Waals surface area contributed by atoms with Crippen LogP contribution < -0.4 is 0 Å². The number of fused-ring (bicyclic) bond motifs is 3. The van der Waals surface area contributed by atoms with Crippen molar-refractivity contribution in [3.05, 3.63) is 71.8 Å². The molecule has 0 radical (unpaired) electrons. The smallest absolute Gasteiger partial charge is 0.200 e. The largest absolute Gasteiger partial charge is 0.305 e. The van der Waals surface area contributed by atoms with E-state index in [4.69, 9.17) is 0 Å². The first-order chi connectivity index (χ1) is 10.6. The number of quaternary nitrogens is 2. The van der Waals surface area contributed by atoms with E-state index < -0.39 is 0 Å². The molecular formula is C19H23FN2+2. The Labute approximate surface area is 131 Å². The van der Waals surface area contributed by atoms with Crippen molar-refractivity contribution < 1.29 is 13.7 Å². The van der Waals surface area contributed by atoms with E-state index >= 15 is 4.48 Å². The number of hydrogen-bond donors (Lipinski definition) is 0. The minimum absolute atomic E-state index is 0.0279. The van der Waals surface area contributed by atoms with Crippen molar-refractivity contribution in [3.63, 3.8) is 0 Å². The summed E-state index contributed by atoms with van der Waals surface area (Å²) in [5, 5.41) is 0. The third kappa shape index (κ3) is 2.08. The molecule has 5 rings (SSSR count). The number of nitrogens with zero attached hydrogens (tertiary/aromatic N) is 2. The average Bonchev–Trinajstić information content (AvgIpc) is 2.57. The highest BCUT2D eigenvalue weighted by Gasteiger charge is 2.61. The number of hydrogen-bond acceptors (Lipinski definition) is 0. The van der Waals surface area contributed by atoms with Crippen LogP contribution in [0.25, 0.3) is 0 Å². The molecule has 3 heterocycles. The van der Waals surface area contributed by atoms with Gasteiger partial charge in [0.25, 0.3) is 0 Å². The maximum Gasteiger partial charge on any atom is 0.200 e. The maximum absolute atomic E-state index is 15.7. The zero-order valence-electron chi connectivity index (χ0n) is 13.0. The summed E-state index contributed by atoms with van der Waals surface area (Å²) in [7, 11) is 2.30. The van der Waals surface area contributed by atoms with Crippen molar-refractivity contribution in [1.29, 1.82) is 0 Å². The van der Waals surface area contributed by atoms with Gasteiger partial charge in [0.15, 0.2) is 25.2 Å². The number of rotatable bonds is 2. The maximum atomic E-state index is 15.7. The fourth-order valence-corrected chi connectivity index (χ4v) is 4.36. The SMILES string of the molecule is C[N+]12CC[N+](F)(CC1c1ccccc1)C(c1ccccc1)C2. The van der Waals surface area contributed by atoms with Crippen LogP contribution in [0.3, 0.4) is 0 Å². The molecule has 0 aromatic heterocycles. The van der Waals surface area contributed by atoms with Crippen LogP contribution in [-0.2, 0) is 0 Å². The Morgan fingerprint density at radius 3 is 1.91 bits per heavy atom. The fourth-order valence-electron chi connectivity index (χ4n) is 4.36. The van der Waals surface area contributed by atoms with E-state index in [1.54, 1.807) is 0 Å². The van der Waals surface area contributed by atoms with Gasteiger partial charge in [0.2, 0.25) is 0 Å². The molecule has 4 unspecified atom stereocenters. The zero-order valence-corrected chi connectivity index (χ0v) is 13.0. The van der Waals surface area contributed by atoms with Gasteiger partial charge in [-0.25, -0.2) is 0 Å². The zero-order chi connectivity index (χ0) is 15.2. The highest BCUT2D eigenvalue weighted by atomic mass is 19.2. The first-order valence-electron chi connectivity index (χ1n) is 8.11. The van der Waals surface area contributed by atoms with E-state index in [2.05, 4.69) is 43.4 Å². The molecule has 3 heteroatoms. The molecule has 2 bridgehead atoms. The Balaban J connectivity index is 1.71. The minimum Gasteiger partial charge on any atom is -0.305 e. The van der Waals surface area contributed by atoms with E-state index in [0.717, 1.165) is 23.1 Å². The highest BCUT2D eigenvalue weighted by molar-refractivity contribution is 5.21. The molecule has 2 aromatic rings. The van der Waals surface area contributed by atoms with Crippen molar-refractivity contribution in [2.24, 2.45) is 0 Å². The molecule has 0 amide bonds. The summed E-state index contributed by atoms with van der Waals surface area (Å²) in [6.07, 6.45) is 0. The fraction of sp³-hybridized carbons (Fsp3) is 0.368. The van der Waals surface area contributed by atoms with Gasteiger partial charge in [-0.1, -0.05) is 60.7 Å². The molecule has 4 atom stereocenters. The summed E-state index contributed by atoms with van der Waals surface area (Å²) < 4.78 is 16.4. The van der Waals surface area contributed by atoms with E-state index in [1.165, 1.54) is 5.56 Å². The van der Waals surface area contributed by atoms with Gasteiger partial charge in [-0.15, -0.1) is 4.71 Å². The van der Waals surface area contributed by atoms with E-state index in [1.807, 2.05) is 24.3 Å².